The van der Waals surface area contributed by atoms with Crippen molar-refractivity contribution >= 4 is 5.91 Å². The number of aromatic nitrogens is 3. The first-order valence-corrected chi connectivity index (χ1v) is 6.67. The van der Waals surface area contributed by atoms with Crippen molar-refractivity contribution in [2.45, 2.75) is 11.8 Å². The largest absolute Gasteiger partial charge is 0.384 e. The molecule has 1 atom stereocenters. The number of hydrogen-bond donors (Lipinski definition) is 3. The molecule has 0 aromatic carbocycles. The number of H-pyrrole nitrogens is 1. The number of rotatable bonds is 5. The number of nitrogens with two attached hydrogens (primary N) is 1. The summed E-state index contributed by atoms with van der Waals surface area (Å²) in [4.78, 5) is 18.5. The number of carbonyl (C=O) groups excluding carboxylic acids is 1. The predicted molar refractivity (Wildman–Crippen MR) is 73.6 cm³/mol. The lowest BCUT2D eigenvalue weighted by Gasteiger charge is -2.22. The van der Waals surface area contributed by atoms with Crippen molar-refractivity contribution in [2.75, 3.05) is 26.8 Å². The first-order chi connectivity index (χ1) is 10.1. The molecule has 0 radical (unpaired) electrons. The van der Waals surface area contributed by atoms with E-state index in [2.05, 4.69) is 20.4 Å². The zero-order chi connectivity index (χ0) is 14.9. The van der Waals surface area contributed by atoms with Crippen LogP contribution in [-0.4, -0.2) is 47.8 Å². The molecule has 21 heavy (non-hydrogen) atoms. The fourth-order valence-corrected chi connectivity index (χ4v) is 2.60. The Balaban J connectivity index is 1.89. The SMILES string of the molecule is COCC1(c2nc(-c3cc(C(N)=O)c[nH]3)no2)CCNC1. The lowest BCUT2D eigenvalue weighted by Crippen LogP contribution is -2.34. The quantitative estimate of drug-likeness (QED) is 0.715. The van der Waals surface area contributed by atoms with Gasteiger partial charge in [-0.2, -0.15) is 4.98 Å². The lowest BCUT2D eigenvalue weighted by molar-refractivity contribution is 0.100. The summed E-state index contributed by atoms with van der Waals surface area (Å²) in [6, 6.07) is 1.60. The molecular weight excluding hydrogens is 274 g/mol. The van der Waals surface area contributed by atoms with E-state index >= 15 is 0 Å². The first kappa shape index (κ1) is 13.8. The molecule has 0 saturated carbocycles. The Bertz CT molecular complexity index is 642. The standard InChI is InChI=1S/C13H17N5O3/c1-20-7-13(2-3-15-6-13)12-17-11(18-21-12)9-4-8(5-16-9)10(14)19/h4-5,15-16H,2-3,6-7H2,1H3,(H2,14,19). The van der Waals surface area contributed by atoms with E-state index in [-0.39, 0.29) is 5.41 Å². The molecule has 1 unspecified atom stereocenters. The van der Waals surface area contributed by atoms with Crippen LogP contribution >= 0.6 is 0 Å². The van der Waals surface area contributed by atoms with Crippen molar-refractivity contribution < 1.29 is 14.1 Å². The Hall–Kier alpha value is -2.19. The summed E-state index contributed by atoms with van der Waals surface area (Å²) in [5, 5.41) is 7.27. The molecule has 2 aromatic heterocycles. The minimum Gasteiger partial charge on any atom is -0.384 e. The monoisotopic (exact) mass is 291 g/mol. The molecule has 8 nitrogen and oxygen atoms in total. The van der Waals surface area contributed by atoms with Gasteiger partial charge in [0.25, 0.3) is 0 Å². The van der Waals surface area contributed by atoms with Crippen molar-refractivity contribution in [3.8, 4) is 11.5 Å². The van der Waals surface area contributed by atoms with Crippen LogP contribution in [0.3, 0.4) is 0 Å². The molecule has 1 aliphatic heterocycles. The van der Waals surface area contributed by atoms with Crippen molar-refractivity contribution in [3.63, 3.8) is 0 Å². The highest BCUT2D eigenvalue weighted by atomic mass is 16.5. The van der Waals surface area contributed by atoms with Crippen LogP contribution in [0.15, 0.2) is 16.8 Å². The fourth-order valence-electron chi connectivity index (χ4n) is 2.60. The normalized spacial score (nSPS) is 21.8. The van der Waals surface area contributed by atoms with E-state index in [0.29, 0.717) is 29.6 Å². The average molecular weight is 291 g/mol. The fraction of sp³-hybridized carbons (Fsp3) is 0.462. The van der Waals surface area contributed by atoms with Crippen LogP contribution in [0.25, 0.3) is 11.5 Å². The minimum atomic E-state index is -0.503. The number of aromatic amines is 1. The molecule has 2 aromatic rings. The Labute approximate surface area is 121 Å². The second-order valence-corrected chi connectivity index (χ2v) is 5.23. The van der Waals surface area contributed by atoms with E-state index < -0.39 is 5.91 Å². The van der Waals surface area contributed by atoms with Gasteiger partial charge in [0.1, 0.15) is 0 Å². The van der Waals surface area contributed by atoms with Crippen LogP contribution in [0.1, 0.15) is 22.7 Å². The van der Waals surface area contributed by atoms with Gasteiger partial charge in [-0.25, -0.2) is 0 Å². The van der Waals surface area contributed by atoms with Gasteiger partial charge in [0.05, 0.1) is 23.3 Å². The highest BCUT2D eigenvalue weighted by molar-refractivity contribution is 5.93. The van der Waals surface area contributed by atoms with Crippen molar-refractivity contribution in [2.24, 2.45) is 5.73 Å². The third kappa shape index (κ3) is 2.43. The van der Waals surface area contributed by atoms with Gasteiger partial charge in [0.2, 0.25) is 17.6 Å². The van der Waals surface area contributed by atoms with Gasteiger partial charge in [0.15, 0.2) is 0 Å². The number of ether oxygens (including phenoxy) is 1. The molecule has 4 N–H and O–H groups in total. The van der Waals surface area contributed by atoms with Gasteiger partial charge in [0, 0.05) is 19.9 Å². The van der Waals surface area contributed by atoms with E-state index in [4.69, 9.17) is 15.0 Å². The molecule has 112 valence electrons. The first-order valence-electron chi connectivity index (χ1n) is 6.67. The highest BCUT2D eigenvalue weighted by Gasteiger charge is 2.41. The number of amides is 1. The van der Waals surface area contributed by atoms with Gasteiger partial charge >= 0.3 is 0 Å². The maximum absolute atomic E-state index is 11.1. The third-order valence-electron chi connectivity index (χ3n) is 3.75. The molecule has 1 fully saturated rings. The maximum atomic E-state index is 11.1. The van der Waals surface area contributed by atoms with E-state index in [9.17, 15) is 4.79 Å². The zero-order valence-corrected chi connectivity index (χ0v) is 11.7. The topological polar surface area (TPSA) is 119 Å². The molecule has 0 bridgehead atoms. The van der Waals surface area contributed by atoms with E-state index in [1.165, 1.54) is 6.20 Å². The van der Waals surface area contributed by atoms with Gasteiger partial charge < -0.3 is 25.3 Å². The van der Waals surface area contributed by atoms with Crippen LogP contribution < -0.4 is 11.1 Å². The second kappa shape index (κ2) is 5.30. The zero-order valence-electron chi connectivity index (χ0n) is 11.7. The van der Waals surface area contributed by atoms with Crippen LogP contribution in [-0.2, 0) is 10.2 Å². The Kier molecular flexibility index (Phi) is 3.48. The Morgan fingerprint density at radius 1 is 1.62 bits per heavy atom. The molecule has 0 spiro atoms. The summed E-state index contributed by atoms with van der Waals surface area (Å²) in [5.41, 5.74) is 5.90. The minimum absolute atomic E-state index is 0.293. The molecular formula is C13H17N5O3. The van der Waals surface area contributed by atoms with E-state index in [1.807, 2.05) is 0 Å². The molecule has 1 aliphatic rings. The number of methoxy groups -OCH3 is 1. The molecule has 1 saturated heterocycles. The molecule has 0 aliphatic carbocycles. The van der Waals surface area contributed by atoms with Crippen LogP contribution in [0.5, 0.6) is 0 Å². The molecule has 3 rings (SSSR count). The maximum Gasteiger partial charge on any atom is 0.250 e. The van der Waals surface area contributed by atoms with Gasteiger partial charge in [-0.15, -0.1) is 0 Å². The third-order valence-corrected chi connectivity index (χ3v) is 3.75. The van der Waals surface area contributed by atoms with Gasteiger partial charge in [-0.05, 0) is 19.0 Å². The number of hydrogen-bond acceptors (Lipinski definition) is 6. The van der Waals surface area contributed by atoms with Crippen LogP contribution in [0.2, 0.25) is 0 Å². The summed E-state index contributed by atoms with van der Waals surface area (Å²) in [5.74, 6) is 0.441. The van der Waals surface area contributed by atoms with Crippen molar-refractivity contribution in [1.82, 2.24) is 20.4 Å². The summed E-state index contributed by atoms with van der Waals surface area (Å²) in [6.45, 7) is 2.13. The summed E-state index contributed by atoms with van der Waals surface area (Å²) < 4.78 is 10.7. The van der Waals surface area contributed by atoms with E-state index in [1.54, 1.807) is 13.2 Å². The van der Waals surface area contributed by atoms with E-state index in [0.717, 1.165) is 19.5 Å². The van der Waals surface area contributed by atoms with Crippen LogP contribution in [0.4, 0.5) is 0 Å². The average Bonchev–Trinajstić information content (AvgIpc) is 3.19. The van der Waals surface area contributed by atoms with Crippen molar-refractivity contribution in [1.29, 1.82) is 0 Å². The molecule has 8 heteroatoms. The number of carbonyl (C=O) groups is 1. The van der Waals surface area contributed by atoms with Gasteiger partial charge in [-0.1, -0.05) is 5.16 Å². The Morgan fingerprint density at radius 2 is 2.48 bits per heavy atom. The number of primary amides is 1. The summed E-state index contributed by atoms with van der Waals surface area (Å²) in [6.07, 6.45) is 2.40. The summed E-state index contributed by atoms with van der Waals surface area (Å²) in [7, 11) is 1.65. The number of nitrogens with zero attached hydrogens (tertiary/aromatic N) is 2. The van der Waals surface area contributed by atoms with Crippen molar-refractivity contribution in [3.05, 3.63) is 23.7 Å². The lowest BCUT2D eigenvalue weighted by atomic mass is 9.88. The smallest absolute Gasteiger partial charge is 0.250 e. The summed E-state index contributed by atoms with van der Waals surface area (Å²) >= 11 is 0. The second-order valence-electron chi connectivity index (χ2n) is 5.23. The molecule has 1 amide bonds. The van der Waals surface area contributed by atoms with Crippen LogP contribution in [0, 0.1) is 0 Å². The van der Waals surface area contributed by atoms with Gasteiger partial charge in [-0.3, -0.25) is 4.79 Å². The Morgan fingerprint density at radius 3 is 3.10 bits per heavy atom. The number of nitrogens with one attached hydrogen (secondary N) is 2. The highest BCUT2D eigenvalue weighted by Crippen LogP contribution is 2.31. The molecule has 3 heterocycles. The predicted octanol–water partition coefficient (Wildman–Crippen LogP) is 0.0411.